The van der Waals surface area contributed by atoms with Gasteiger partial charge in [0.15, 0.2) is 34.9 Å². The van der Waals surface area contributed by atoms with Gasteiger partial charge in [0, 0.05) is 33.4 Å². The summed E-state index contributed by atoms with van der Waals surface area (Å²) in [6.45, 7) is 0. The summed E-state index contributed by atoms with van der Waals surface area (Å²) in [6.07, 6.45) is 0. The van der Waals surface area contributed by atoms with Gasteiger partial charge in [0.25, 0.3) is 0 Å². The van der Waals surface area contributed by atoms with Crippen LogP contribution in [0.5, 0.6) is 0 Å². The highest BCUT2D eigenvalue weighted by molar-refractivity contribution is 5.96. The van der Waals surface area contributed by atoms with E-state index in [1.165, 1.54) is 0 Å². The van der Waals surface area contributed by atoms with Crippen molar-refractivity contribution in [2.24, 2.45) is 0 Å². The second-order valence-electron chi connectivity index (χ2n) is 14.6. The third-order valence-corrected chi connectivity index (χ3v) is 10.7. The predicted molar refractivity (Wildman–Crippen MR) is 247 cm³/mol. The van der Waals surface area contributed by atoms with E-state index in [-0.39, 0.29) is 0 Å². The molecular formula is C55H35N7. The first-order chi connectivity index (χ1) is 30.7. The number of nitriles is 1. The van der Waals surface area contributed by atoms with Gasteiger partial charge in [-0.25, -0.2) is 29.9 Å². The fraction of sp³-hybridized carbons (Fsp3) is 0. The smallest absolute Gasteiger partial charge is 0.164 e. The molecule has 0 atom stereocenters. The molecule has 0 amide bonds. The number of benzene rings is 8. The molecule has 10 aromatic rings. The van der Waals surface area contributed by atoms with E-state index in [1.807, 2.05) is 164 Å². The van der Waals surface area contributed by atoms with Crippen LogP contribution in [0.4, 0.5) is 0 Å². The van der Waals surface area contributed by atoms with Gasteiger partial charge >= 0.3 is 0 Å². The van der Waals surface area contributed by atoms with Crippen molar-refractivity contribution in [1.29, 1.82) is 5.26 Å². The van der Waals surface area contributed by atoms with Crippen molar-refractivity contribution in [3.05, 3.63) is 218 Å². The number of hydrogen-bond donors (Lipinski definition) is 0. The van der Waals surface area contributed by atoms with Crippen molar-refractivity contribution in [2.75, 3.05) is 0 Å². The molecule has 0 radical (unpaired) electrons. The average Bonchev–Trinajstić information content (AvgIpc) is 3.37. The molecule has 0 spiro atoms. The highest BCUT2D eigenvalue weighted by atomic mass is 15.0. The second-order valence-corrected chi connectivity index (χ2v) is 14.6. The number of nitrogens with zero attached hydrogens (tertiary/aromatic N) is 7. The lowest BCUT2D eigenvalue weighted by atomic mass is 9.87. The molecule has 0 aliphatic heterocycles. The molecule has 0 aliphatic carbocycles. The highest BCUT2D eigenvalue weighted by Crippen LogP contribution is 2.42. The van der Waals surface area contributed by atoms with Crippen LogP contribution in [0.3, 0.4) is 0 Å². The zero-order chi connectivity index (χ0) is 41.7. The Morgan fingerprint density at radius 2 is 0.548 bits per heavy atom. The van der Waals surface area contributed by atoms with E-state index in [4.69, 9.17) is 29.9 Å². The molecule has 0 N–H and O–H groups in total. The van der Waals surface area contributed by atoms with E-state index in [2.05, 4.69) is 54.6 Å². The normalized spacial score (nSPS) is 10.9. The van der Waals surface area contributed by atoms with Crippen molar-refractivity contribution < 1.29 is 0 Å². The van der Waals surface area contributed by atoms with Crippen LogP contribution in [0.2, 0.25) is 0 Å². The van der Waals surface area contributed by atoms with Crippen molar-refractivity contribution in [1.82, 2.24) is 29.9 Å². The van der Waals surface area contributed by atoms with Crippen molar-refractivity contribution in [3.8, 4) is 108 Å². The lowest BCUT2D eigenvalue weighted by Gasteiger charge is -2.18. The lowest BCUT2D eigenvalue weighted by Crippen LogP contribution is -2.01. The number of rotatable bonds is 9. The summed E-state index contributed by atoms with van der Waals surface area (Å²) in [5.74, 6) is 3.53. The van der Waals surface area contributed by atoms with Crippen LogP contribution in [0.15, 0.2) is 212 Å². The van der Waals surface area contributed by atoms with Crippen molar-refractivity contribution in [3.63, 3.8) is 0 Å². The summed E-state index contributed by atoms with van der Waals surface area (Å²) >= 11 is 0. The molecule has 0 saturated heterocycles. The van der Waals surface area contributed by atoms with Crippen LogP contribution in [0.1, 0.15) is 5.56 Å². The molecule has 7 nitrogen and oxygen atoms in total. The van der Waals surface area contributed by atoms with Crippen LogP contribution >= 0.6 is 0 Å². The van der Waals surface area contributed by atoms with E-state index in [9.17, 15) is 5.26 Å². The summed E-state index contributed by atoms with van der Waals surface area (Å²) in [4.78, 5) is 29.8. The molecule has 0 aliphatic rings. The van der Waals surface area contributed by atoms with E-state index in [0.717, 1.165) is 66.8 Å². The molecular weight excluding hydrogens is 759 g/mol. The minimum atomic E-state index is 0.552. The first-order valence-electron chi connectivity index (χ1n) is 20.3. The summed E-state index contributed by atoms with van der Waals surface area (Å²) in [6, 6.07) is 72.9. The largest absolute Gasteiger partial charge is 0.208 e. The third-order valence-electron chi connectivity index (χ3n) is 10.7. The molecule has 62 heavy (non-hydrogen) atoms. The Morgan fingerprint density at radius 3 is 0.968 bits per heavy atom. The fourth-order valence-corrected chi connectivity index (χ4v) is 7.62. The summed E-state index contributed by atoms with van der Waals surface area (Å²) < 4.78 is 0. The quantitative estimate of drug-likeness (QED) is 0.143. The summed E-state index contributed by atoms with van der Waals surface area (Å²) in [7, 11) is 0. The zero-order valence-electron chi connectivity index (χ0n) is 33.3. The summed E-state index contributed by atoms with van der Waals surface area (Å²) in [5.41, 5.74) is 11.7. The van der Waals surface area contributed by atoms with E-state index < -0.39 is 0 Å². The maximum atomic E-state index is 10.2. The van der Waals surface area contributed by atoms with Crippen LogP contribution in [-0.2, 0) is 0 Å². The molecule has 2 heterocycles. The minimum Gasteiger partial charge on any atom is -0.208 e. The Morgan fingerprint density at radius 1 is 0.242 bits per heavy atom. The monoisotopic (exact) mass is 793 g/mol. The van der Waals surface area contributed by atoms with E-state index in [0.29, 0.717) is 40.5 Å². The second kappa shape index (κ2) is 16.9. The molecule has 0 unspecified atom stereocenters. The highest BCUT2D eigenvalue weighted by Gasteiger charge is 2.20. The van der Waals surface area contributed by atoms with Gasteiger partial charge in [-0.15, -0.1) is 0 Å². The zero-order valence-corrected chi connectivity index (χ0v) is 33.3. The van der Waals surface area contributed by atoms with Gasteiger partial charge in [-0.1, -0.05) is 200 Å². The lowest BCUT2D eigenvalue weighted by molar-refractivity contribution is 1.07. The molecule has 7 heteroatoms. The van der Waals surface area contributed by atoms with Gasteiger partial charge in [0.2, 0.25) is 0 Å². The first kappa shape index (κ1) is 37.5. The van der Waals surface area contributed by atoms with E-state index in [1.54, 1.807) is 0 Å². The van der Waals surface area contributed by atoms with Crippen molar-refractivity contribution in [2.45, 2.75) is 0 Å². The number of hydrogen-bond acceptors (Lipinski definition) is 7. The SMILES string of the molecule is N#Cc1ccc(-c2ccccc2-c2nc(-c3ccccc3)nc(-c3ccccc3)n2)c(-c2ccccc2-c2ccc(-c3nc(-c4ccccc4)nc(-c4ccccc4)n3)cc2)c1. The van der Waals surface area contributed by atoms with Crippen LogP contribution in [-0.4, -0.2) is 29.9 Å². The maximum Gasteiger partial charge on any atom is 0.164 e. The predicted octanol–water partition coefficient (Wildman–Crippen LogP) is 12.9. The Bertz CT molecular complexity index is 3110. The van der Waals surface area contributed by atoms with Gasteiger partial charge in [-0.05, 0) is 45.5 Å². The van der Waals surface area contributed by atoms with Gasteiger partial charge in [-0.2, -0.15) is 5.26 Å². The van der Waals surface area contributed by atoms with Gasteiger partial charge in [0.1, 0.15) is 0 Å². The third kappa shape index (κ3) is 7.63. The Kier molecular flexibility index (Phi) is 10.2. The standard InChI is InChI=1S/C55H35N7/c56-36-37-29-34-47(46-27-15-16-28-48(46)55-61-52(41-21-9-3-10-22-41)60-53(62-55)42-23-11-4-12-24-42)49(35-37)45-26-14-13-25-44(45)38-30-32-43(33-31-38)54-58-50(39-17-5-1-6-18-39)57-51(59-54)40-19-7-2-8-20-40/h1-35H. The molecule has 0 bridgehead atoms. The Hall–Kier alpha value is -8.73. The molecule has 8 aromatic carbocycles. The Balaban J connectivity index is 1.08. The molecule has 10 rings (SSSR count). The van der Waals surface area contributed by atoms with Crippen LogP contribution < -0.4 is 0 Å². The van der Waals surface area contributed by atoms with Gasteiger partial charge in [-0.3, -0.25) is 0 Å². The molecule has 2 aromatic heterocycles. The molecule has 0 fully saturated rings. The minimum absolute atomic E-state index is 0.552. The van der Waals surface area contributed by atoms with E-state index >= 15 is 0 Å². The Labute approximate surface area is 359 Å². The molecule has 0 saturated carbocycles. The first-order valence-corrected chi connectivity index (χ1v) is 20.3. The molecule has 290 valence electrons. The van der Waals surface area contributed by atoms with Crippen molar-refractivity contribution >= 4 is 0 Å². The fourth-order valence-electron chi connectivity index (χ4n) is 7.62. The van der Waals surface area contributed by atoms with Gasteiger partial charge in [0.05, 0.1) is 11.6 Å². The average molecular weight is 794 g/mol. The maximum absolute atomic E-state index is 10.2. The van der Waals surface area contributed by atoms with Crippen LogP contribution in [0, 0.1) is 11.3 Å². The topological polar surface area (TPSA) is 101 Å². The van der Waals surface area contributed by atoms with Crippen LogP contribution in [0.25, 0.3) is 102 Å². The summed E-state index contributed by atoms with van der Waals surface area (Å²) in [5, 5.41) is 10.2. The van der Waals surface area contributed by atoms with Gasteiger partial charge < -0.3 is 0 Å². The number of aromatic nitrogens is 6.